The average Bonchev–Trinajstić information content (AvgIpc) is 2.53. The van der Waals surface area contributed by atoms with Crippen LogP contribution in [0.25, 0.3) is 10.9 Å². The maximum absolute atomic E-state index is 4.79. The molecule has 1 aliphatic rings. The summed E-state index contributed by atoms with van der Waals surface area (Å²) in [6, 6.07) is 8.26. The lowest BCUT2D eigenvalue weighted by Crippen LogP contribution is -2.34. The lowest BCUT2D eigenvalue weighted by molar-refractivity contribution is 0.435. The van der Waals surface area contributed by atoms with Crippen molar-refractivity contribution < 1.29 is 0 Å². The zero-order chi connectivity index (χ0) is 14.7. The molecule has 1 fully saturated rings. The van der Waals surface area contributed by atoms with Crippen molar-refractivity contribution in [3.63, 3.8) is 0 Å². The summed E-state index contributed by atoms with van der Waals surface area (Å²) < 4.78 is 0. The molecule has 2 aromatic rings. The van der Waals surface area contributed by atoms with E-state index in [4.69, 9.17) is 9.97 Å². The Bertz CT molecular complexity index is 603. The van der Waals surface area contributed by atoms with Crippen LogP contribution in [0, 0.1) is 5.92 Å². The summed E-state index contributed by atoms with van der Waals surface area (Å²) in [6.07, 6.45) is 3.55. The van der Waals surface area contributed by atoms with E-state index in [0.717, 1.165) is 54.6 Å². The van der Waals surface area contributed by atoms with Crippen molar-refractivity contribution >= 4 is 22.7 Å². The van der Waals surface area contributed by atoms with Gasteiger partial charge in [-0.1, -0.05) is 26.0 Å². The molecular weight excluding hydrogens is 260 g/mol. The Kier molecular flexibility index (Phi) is 4.23. The van der Waals surface area contributed by atoms with Crippen molar-refractivity contribution in [3.8, 4) is 0 Å². The number of hydrogen-bond donors (Lipinski definition) is 1. The zero-order valence-corrected chi connectivity index (χ0v) is 13.0. The first-order chi connectivity index (χ1) is 10.3. The minimum absolute atomic E-state index is 0.819. The fourth-order valence-corrected chi connectivity index (χ4v) is 2.79. The van der Waals surface area contributed by atoms with Crippen molar-refractivity contribution in [1.29, 1.82) is 0 Å². The van der Waals surface area contributed by atoms with Crippen LogP contribution in [0.3, 0.4) is 0 Å². The minimum Gasteiger partial charge on any atom is -0.369 e. The third kappa shape index (κ3) is 3.09. The standard InChI is InChI=1S/C17H24N4/c1-3-10-18-16-14-6-4-5-7-15(14)19-17(20-16)21-11-8-13(2)9-12-21/h4-7,13H,3,8-12H2,1-2H3,(H,18,19,20). The van der Waals surface area contributed by atoms with E-state index in [0.29, 0.717) is 0 Å². The highest BCUT2D eigenvalue weighted by molar-refractivity contribution is 5.90. The zero-order valence-electron chi connectivity index (χ0n) is 13.0. The molecule has 1 aliphatic heterocycles. The lowest BCUT2D eigenvalue weighted by atomic mass is 10.00. The van der Waals surface area contributed by atoms with Gasteiger partial charge in [0, 0.05) is 25.0 Å². The molecular formula is C17H24N4. The number of benzene rings is 1. The van der Waals surface area contributed by atoms with Gasteiger partial charge in [0.15, 0.2) is 0 Å². The van der Waals surface area contributed by atoms with E-state index < -0.39 is 0 Å². The van der Waals surface area contributed by atoms with Crippen LogP contribution >= 0.6 is 0 Å². The second-order valence-corrected chi connectivity index (χ2v) is 5.99. The highest BCUT2D eigenvalue weighted by atomic mass is 15.3. The van der Waals surface area contributed by atoms with Gasteiger partial charge in [-0.05, 0) is 37.3 Å². The van der Waals surface area contributed by atoms with E-state index in [1.807, 2.05) is 12.1 Å². The second kappa shape index (κ2) is 6.29. The monoisotopic (exact) mass is 284 g/mol. The van der Waals surface area contributed by atoms with Gasteiger partial charge in [-0.2, -0.15) is 4.98 Å². The highest BCUT2D eigenvalue weighted by Crippen LogP contribution is 2.26. The van der Waals surface area contributed by atoms with Gasteiger partial charge in [-0.15, -0.1) is 0 Å². The number of nitrogens with zero attached hydrogens (tertiary/aromatic N) is 3. The van der Waals surface area contributed by atoms with Crippen LogP contribution in [0.5, 0.6) is 0 Å². The SMILES string of the molecule is CCCNc1nc(N2CCC(C)CC2)nc2ccccc12. The van der Waals surface area contributed by atoms with E-state index in [9.17, 15) is 0 Å². The van der Waals surface area contributed by atoms with Crippen molar-refractivity contribution in [1.82, 2.24) is 9.97 Å². The van der Waals surface area contributed by atoms with Gasteiger partial charge in [0.25, 0.3) is 0 Å². The normalized spacial score (nSPS) is 16.4. The lowest BCUT2D eigenvalue weighted by Gasteiger charge is -2.30. The third-order valence-corrected chi connectivity index (χ3v) is 4.20. The van der Waals surface area contributed by atoms with Gasteiger partial charge < -0.3 is 10.2 Å². The van der Waals surface area contributed by atoms with E-state index in [2.05, 4.69) is 36.2 Å². The summed E-state index contributed by atoms with van der Waals surface area (Å²) >= 11 is 0. The van der Waals surface area contributed by atoms with Crippen LogP contribution < -0.4 is 10.2 Å². The van der Waals surface area contributed by atoms with Crippen molar-refractivity contribution in [2.45, 2.75) is 33.1 Å². The first-order valence-electron chi connectivity index (χ1n) is 8.03. The molecule has 3 rings (SSSR count). The number of hydrogen-bond acceptors (Lipinski definition) is 4. The molecule has 1 saturated heterocycles. The molecule has 0 amide bonds. The van der Waals surface area contributed by atoms with Crippen molar-refractivity contribution in [3.05, 3.63) is 24.3 Å². The first kappa shape index (κ1) is 14.1. The van der Waals surface area contributed by atoms with Gasteiger partial charge in [0.1, 0.15) is 5.82 Å². The molecule has 4 heteroatoms. The molecule has 0 aliphatic carbocycles. The molecule has 112 valence electrons. The summed E-state index contributed by atoms with van der Waals surface area (Å²) in [6.45, 7) is 7.56. The highest BCUT2D eigenvalue weighted by Gasteiger charge is 2.19. The summed E-state index contributed by atoms with van der Waals surface area (Å²) in [7, 11) is 0. The smallest absolute Gasteiger partial charge is 0.227 e. The molecule has 1 aromatic heterocycles. The maximum Gasteiger partial charge on any atom is 0.227 e. The van der Waals surface area contributed by atoms with E-state index in [1.54, 1.807) is 0 Å². The number of fused-ring (bicyclic) bond motifs is 1. The fraction of sp³-hybridized carbons (Fsp3) is 0.529. The first-order valence-corrected chi connectivity index (χ1v) is 8.03. The number of rotatable bonds is 4. The van der Waals surface area contributed by atoms with Gasteiger partial charge >= 0.3 is 0 Å². The van der Waals surface area contributed by atoms with Gasteiger partial charge in [-0.25, -0.2) is 4.98 Å². The molecule has 0 saturated carbocycles. The van der Waals surface area contributed by atoms with E-state index in [1.165, 1.54) is 12.8 Å². The largest absolute Gasteiger partial charge is 0.369 e. The molecule has 0 unspecified atom stereocenters. The molecule has 0 atom stereocenters. The summed E-state index contributed by atoms with van der Waals surface area (Å²) in [4.78, 5) is 11.9. The van der Waals surface area contributed by atoms with E-state index in [-0.39, 0.29) is 0 Å². The molecule has 4 nitrogen and oxygen atoms in total. The Morgan fingerprint density at radius 3 is 2.71 bits per heavy atom. The van der Waals surface area contributed by atoms with E-state index >= 15 is 0 Å². The summed E-state index contributed by atoms with van der Waals surface area (Å²) in [5, 5.41) is 4.56. The molecule has 21 heavy (non-hydrogen) atoms. The maximum atomic E-state index is 4.79. The van der Waals surface area contributed by atoms with Gasteiger partial charge in [-0.3, -0.25) is 0 Å². The van der Waals surface area contributed by atoms with Crippen LogP contribution in [-0.4, -0.2) is 29.6 Å². The predicted octanol–water partition coefficient (Wildman–Crippen LogP) is 3.69. The molecule has 0 radical (unpaired) electrons. The minimum atomic E-state index is 0.819. The summed E-state index contributed by atoms with van der Waals surface area (Å²) in [5.41, 5.74) is 1.03. The average molecular weight is 284 g/mol. The van der Waals surface area contributed by atoms with Crippen LogP contribution in [0.2, 0.25) is 0 Å². The Morgan fingerprint density at radius 2 is 1.95 bits per heavy atom. The number of nitrogens with one attached hydrogen (secondary N) is 1. The number of para-hydroxylation sites is 1. The molecule has 0 bridgehead atoms. The number of anilines is 2. The Balaban J connectivity index is 1.95. The van der Waals surface area contributed by atoms with Crippen LogP contribution in [0.1, 0.15) is 33.1 Å². The van der Waals surface area contributed by atoms with Crippen LogP contribution in [0.4, 0.5) is 11.8 Å². The quantitative estimate of drug-likeness (QED) is 0.929. The Labute approximate surface area is 126 Å². The van der Waals surface area contributed by atoms with Gasteiger partial charge in [0.05, 0.1) is 5.52 Å². The number of piperidine rings is 1. The van der Waals surface area contributed by atoms with Crippen LogP contribution in [0.15, 0.2) is 24.3 Å². The second-order valence-electron chi connectivity index (χ2n) is 5.99. The third-order valence-electron chi connectivity index (χ3n) is 4.20. The van der Waals surface area contributed by atoms with Crippen molar-refractivity contribution in [2.75, 3.05) is 29.9 Å². The number of aromatic nitrogens is 2. The molecule has 1 N–H and O–H groups in total. The Hall–Kier alpha value is -1.84. The van der Waals surface area contributed by atoms with Crippen LogP contribution in [-0.2, 0) is 0 Å². The molecule has 1 aromatic carbocycles. The fourth-order valence-electron chi connectivity index (χ4n) is 2.79. The van der Waals surface area contributed by atoms with Crippen molar-refractivity contribution in [2.24, 2.45) is 5.92 Å². The molecule has 0 spiro atoms. The van der Waals surface area contributed by atoms with Gasteiger partial charge in [0.2, 0.25) is 5.95 Å². The predicted molar refractivity (Wildman–Crippen MR) is 88.9 cm³/mol. The topological polar surface area (TPSA) is 41.1 Å². The Morgan fingerprint density at radius 1 is 1.19 bits per heavy atom. The molecule has 2 heterocycles. The summed E-state index contributed by atoms with van der Waals surface area (Å²) in [5.74, 6) is 2.66.